The number of aromatic nitrogens is 1. The van der Waals surface area contributed by atoms with E-state index in [2.05, 4.69) is 41.5 Å². The Bertz CT molecular complexity index is 1670. The lowest BCUT2D eigenvalue weighted by Gasteiger charge is -2.29. The number of rotatable bonds is 7. The average molecular weight is 553 g/mol. The molecule has 2 amide bonds. The van der Waals surface area contributed by atoms with Crippen LogP contribution in [0.1, 0.15) is 47.1 Å². The second-order valence-electron chi connectivity index (χ2n) is 10.7. The van der Waals surface area contributed by atoms with Gasteiger partial charge >= 0.3 is 0 Å². The van der Waals surface area contributed by atoms with Crippen LogP contribution in [0.25, 0.3) is 16.7 Å². The summed E-state index contributed by atoms with van der Waals surface area (Å²) >= 11 is 0. The molecule has 0 spiro atoms. The fourth-order valence-corrected chi connectivity index (χ4v) is 5.87. The van der Waals surface area contributed by atoms with E-state index in [9.17, 15) is 14.7 Å². The summed E-state index contributed by atoms with van der Waals surface area (Å²) in [5, 5.41) is 13.1. The van der Waals surface area contributed by atoms with Gasteiger partial charge in [-0.3, -0.25) is 14.6 Å². The third-order valence-electron chi connectivity index (χ3n) is 8.07. The van der Waals surface area contributed by atoms with Crippen LogP contribution in [0.3, 0.4) is 0 Å². The summed E-state index contributed by atoms with van der Waals surface area (Å²) in [6.07, 6.45) is 10.3. The van der Waals surface area contributed by atoms with Crippen LogP contribution in [0.5, 0.6) is 5.75 Å². The Morgan fingerprint density at radius 3 is 2.85 bits per heavy atom. The highest BCUT2D eigenvalue weighted by Gasteiger charge is 2.53. The topological polar surface area (TPSA) is 117 Å². The SMILES string of the molecule is CCC1C=CC(C=NC)=CC(c2ccc3oc(C4(CN5Cc6ccc(OC)cc6C5=O)CC(O)NC4=O)cc3n2)=C1. The lowest BCUT2D eigenvalue weighted by Crippen LogP contribution is -2.46. The summed E-state index contributed by atoms with van der Waals surface area (Å²) in [5.41, 5.74) is 3.98. The molecule has 0 bridgehead atoms. The second kappa shape index (κ2) is 10.5. The number of benzene rings is 1. The normalized spacial score (nSPS) is 24.0. The molecule has 3 aromatic rings. The van der Waals surface area contributed by atoms with Crippen LogP contribution in [-0.2, 0) is 16.8 Å². The number of hydrogen-bond acceptors (Lipinski definition) is 7. The Morgan fingerprint density at radius 1 is 1.27 bits per heavy atom. The molecule has 3 aliphatic rings. The molecule has 0 saturated carbocycles. The number of nitrogens with one attached hydrogen (secondary N) is 1. The number of nitrogens with zero attached hydrogens (tertiary/aromatic N) is 3. The molecule has 210 valence electrons. The molecule has 1 saturated heterocycles. The summed E-state index contributed by atoms with van der Waals surface area (Å²) in [4.78, 5) is 37.5. The monoisotopic (exact) mass is 552 g/mol. The Hall–Kier alpha value is -4.50. The van der Waals surface area contributed by atoms with Gasteiger partial charge in [0.2, 0.25) is 5.91 Å². The van der Waals surface area contributed by atoms with Gasteiger partial charge in [-0.25, -0.2) is 4.98 Å². The minimum atomic E-state index is -1.27. The standard InChI is InChI=1S/C32H32N4O5/c1-4-19-5-6-20(16-33-2)12-22(11-19)25-9-10-27-26(34-25)14-28(41-27)32(15-29(37)35-31(32)39)18-36-17-21-7-8-23(40-3)13-24(21)30(36)38/h5-14,16,19,29,37H,4,15,17-18H2,1-3H3,(H,35,39). The first-order chi connectivity index (χ1) is 19.8. The van der Waals surface area contributed by atoms with Crippen LogP contribution in [0, 0.1) is 5.92 Å². The van der Waals surface area contributed by atoms with Gasteiger partial charge in [0, 0.05) is 44.4 Å². The van der Waals surface area contributed by atoms with Gasteiger partial charge < -0.3 is 24.5 Å². The molecule has 2 aliphatic heterocycles. The molecule has 4 heterocycles. The predicted molar refractivity (Wildman–Crippen MR) is 156 cm³/mol. The molecule has 0 radical (unpaired) electrons. The lowest BCUT2D eigenvalue weighted by molar-refractivity contribution is -0.125. The zero-order valence-corrected chi connectivity index (χ0v) is 23.3. The smallest absolute Gasteiger partial charge is 0.254 e. The van der Waals surface area contributed by atoms with Gasteiger partial charge in [-0.1, -0.05) is 31.2 Å². The average Bonchev–Trinajstić information content (AvgIpc) is 3.57. The Balaban J connectivity index is 1.37. The van der Waals surface area contributed by atoms with Gasteiger partial charge in [0.15, 0.2) is 5.58 Å². The van der Waals surface area contributed by atoms with E-state index in [4.69, 9.17) is 14.1 Å². The summed E-state index contributed by atoms with van der Waals surface area (Å²) in [6, 6.07) is 10.9. The van der Waals surface area contributed by atoms with Crippen molar-refractivity contribution in [1.82, 2.24) is 15.2 Å². The van der Waals surface area contributed by atoms with Crippen molar-refractivity contribution in [2.45, 2.75) is 38.0 Å². The van der Waals surface area contributed by atoms with Crippen LogP contribution in [0.2, 0.25) is 0 Å². The number of methoxy groups -OCH3 is 1. The number of fused-ring (bicyclic) bond motifs is 2. The Labute approximate surface area is 237 Å². The summed E-state index contributed by atoms with van der Waals surface area (Å²) in [6.45, 7) is 2.54. The van der Waals surface area contributed by atoms with Gasteiger partial charge in [-0.15, -0.1) is 0 Å². The molecular formula is C32H32N4O5. The number of aliphatic hydroxyl groups excluding tert-OH is 1. The summed E-state index contributed by atoms with van der Waals surface area (Å²) < 4.78 is 11.5. The highest BCUT2D eigenvalue weighted by atomic mass is 16.5. The van der Waals surface area contributed by atoms with E-state index < -0.39 is 11.6 Å². The van der Waals surface area contributed by atoms with Crippen molar-refractivity contribution in [3.63, 3.8) is 0 Å². The summed E-state index contributed by atoms with van der Waals surface area (Å²) in [7, 11) is 3.30. The van der Waals surface area contributed by atoms with Crippen LogP contribution in [0.4, 0.5) is 0 Å². The number of furan rings is 1. The van der Waals surface area contributed by atoms with E-state index in [1.807, 2.05) is 30.5 Å². The van der Waals surface area contributed by atoms with Crippen LogP contribution >= 0.6 is 0 Å². The van der Waals surface area contributed by atoms with E-state index in [0.717, 1.165) is 28.8 Å². The molecule has 9 nitrogen and oxygen atoms in total. The molecule has 1 aromatic carbocycles. The van der Waals surface area contributed by atoms with E-state index in [0.29, 0.717) is 34.7 Å². The van der Waals surface area contributed by atoms with E-state index in [-0.39, 0.29) is 30.7 Å². The van der Waals surface area contributed by atoms with Crippen molar-refractivity contribution < 1.29 is 23.8 Å². The molecule has 2 N–H and O–H groups in total. The van der Waals surface area contributed by atoms with Crippen molar-refractivity contribution in [2.24, 2.45) is 10.9 Å². The maximum absolute atomic E-state index is 13.4. The van der Waals surface area contributed by atoms with Gasteiger partial charge in [0.05, 0.1) is 12.8 Å². The van der Waals surface area contributed by atoms with Crippen molar-refractivity contribution in [3.05, 3.63) is 88.9 Å². The molecule has 3 atom stereocenters. The van der Waals surface area contributed by atoms with Crippen LogP contribution < -0.4 is 10.1 Å². The number of aliphatic imine (C=N–C) groups is 1. The van der Waals surface area contributed by atoms with Crippen molar-refractivity contribution in [3.8, 4) is 5.75 Å². The number of ether oxygens (including phenoxy) is 1. The molecular weight excluding hydrogens is 520 g/mol. The Kier molecular flexibility index (Phi) is 6.83. The first-order valence-corrected chi connectivity index (χ1v) is 13.7. The van der Waals surface area contributed by atoms with Crippen molar-refractivity contribution in [2.75, 3.05) is 20.7 Å². The second-order valence-corrected chi connectivity index (χ2v) is 10.7. The first kappa shape index (κ1) is 26.7. The van der Waals surface area contributed by atoms with E-state index in [1.54, 1.807) is 31.2 Å². The third-order valence-corrected chi connectivity index (χ3v) is 8.07. The number of allylic oxidation sites excluding steroid dienone is 6. The molecule has 2 aromatic heterocycles. The fourth-order valence-electron chi connectivity index (χ4n) is 5.87. The highest BCUT2D eigenvalue weighted by Crippen LogP contribution is 2.40. The van der Waals surface area contributed by atoms with Gasteiger partial charge in [-0.05, 0) is 59.4 Å². The number of aliphatic hydroxyl groups is 1. The third kappa shape index (κ3) is 4.76. The highest BCUT2D eigenvalue weighted by molar-refractivity contribution is 6.00. The number of hydrogen-bond donors (Lipinski definition) is 2. The summed E-state index contributed by atoms with van der Waals surface area (Å²) in [5.74, 6) is 0.637. The van der Waals surface area contributed by atoms with Gasteiger partial charge in [0.25, 0.3) is 5.91 Å². The molecule has 1 aliphatic carbocycles. The molecule has 41 heavy (non-hydrogen) atoms. The first-order valence-electron chi connectivity index (χ1n) is 13.7. The zero-order chi connectivity index (χ0) is 28.7. The van der Waals surface area contributed by atoms with Crippen LogP contribution in [-0.4, -0.2) is 59.9 Å². The number of pyridine rings is 1. The van der Waals surface area contributed by atoms with Crippen molar-refractivity contribution >= 4 is 34.7 Å². The number of amides is 2. The predicted octanol–water partition coefficient (Wildman–Crippen LogP) is 4.17. The quantitative estimate of drug-likeness (QED) is 0.425. The molecule has 9 heteroatoms. The van der Waals surface area contributed by atoms with E-state index in [1.165, 1.54) is 0 Å². The maximum Gasteiger partial charge on any atom is 0.254 e. The van der Waals surface area contributed by atoms with Crippen LogP contribution in [0.15, 0.2) is 75.7 Å². The fraction of sp³-hybridized carbons (Fsp3) is 0.312. The Morgan fingerprint density at radius 2 is 2.12 bits per heavy atom. The van der Waals surface area contributed by atoms with Gasteiger partial charge in [0.1, 0.15) is 28.7 Å². The van der Waals surface area contributed by atoms with Gasteiger partial charge in [-0.2, -0.15) is 0 Å². The van der Waals surface area contributed by atoms with E-state index >= 15 is 0 Å². The maximum atomic E-state index is 13.4. The molecule has 6 rings (SSSR count). The largest absolute Gasteiger partial charge is 0.497 e. The minimum Gasteiger partial charge on any atom is -0.497 e. The molecule has 1 fully saturated rings. The lowest BCUT2D eigenvalue weighted by atomic mass is 9.82. The minimum absolute atomic E-state index is 0.0514. The number of carbonyl (C=O) groups excluding carboxylic acids is 2. The van der Waals surface area contributed by atoms with Crippen molar-refractivity contribution in [1.29, 1.82) is 0 Å². The zero-order valence-electron chi connectivity index (χ0n) is 23.3. The number of carbonyl (C=O) groups is 2. The molecule has 3 unspecified atom stereocenters.